The van der Waals surface area contributed by atoms with E-state index in [-0.39, 0.29) is 17.7 Å². The summed E-state index contributed by atoms with van der Waals surface area (Å²) in [5.74, 6) is 2.12. The third-order valence-electron chi connectivity index (χ3n) is 8.73. The number of nitrogens with one attached hydrogen (secondary N) is 1. The molecule has 3 aliphatic rings. The predicted octanol–water partition coefficient (Wildman–Crippen LogP) is 5.12. The van der Waals surface area contributed by atoms with E-state index in [0.29, 0.717) is 19.4 Å². The Hall–Kier alpha value is -2.86. The number of rotatable bonds is 8. The maximum atomic E-state index is 13.3. The average molecular weight is 504 g/mol. The lowest BCUT2D eigenvalue weighted by atomic mass is 9.85. The molecule has 1 unspecified atom stereocenters. The SMILES string of the molecule is COc1ccc(CN2C(=O)CCC(c3ccc(N4CCC(CCC5CCNCC5)CC4)cc3)C2=O)cc1. The molecule has 2 aromatic carbocycles. The Morgan fingerprint density at radius 2 is 1.49 bits per heavy atom. The summed E-state index contributed by atoms with van der Waals surface area (Å²) >= 11 is 0. The number of imide groups is 1. The quantitative estimate of drug-likeness (QED) is 0.507. The number of ether oxygens (including phenoxy) is 1. The molecule has 5 rings (SSSR count). The lowest BCUT2D eigenvalue weighted by Crippen LogP contribution is -2.43. The molecule has 3 heterocycles. The number of anilines is 1. The van der Waals surface area contributed by atoms with Crippen LogP contribution in [-0.2, 0) is 16.1 Å². The van der Waals surface area contributed by atoms with Crippen molar-refractivity contribution in [3.8, 4) is 5.75 Å². The van der Waals surface area contributed by atoms with E-state index >= 15 is 0 Å². The van der Waals surface area contributed by atoms with E-state index < -0.39 is 0 Å². The molecule has 3 saturated heterocycles. The number of benzene rings is 2. The molecule has 0 aromatic heterocycles. The Morgan fingerprint density at radius 3 is 2.14 bits per heavy atom. The molecule has 0 aliphatic carbocycles. The van der Waals surface area contributed by atoms with Gasteiger partial charge >= 0.3 is 0 Å². The molecule has 1 N–H and O–H groups in total. The Labute approximate surface area is 221 Å². The van der Waals surface area contributed by atoms with Gasteiger partial charge in [0.25, 0.3) is 0 Å². The van der Waals surface area contributed by atoms with Crippen molar-refractivity contribution in [2.24, 2.45) is 11.8 Å². The molecule has 6 heteroatoms. The van der Waals surface area contributed by atoms with E-state index in [1.807, 2.05) is 24.3 Å². The number of hydrogen-bond donors (Lipinski definition) is 1. The van der Waals surface area contributed by atoms with E-state index in [2.05, 4.69) is 34.5 Å². The highest BCUT2D eigenvalue weighted by molar-refractivity contribution is 6.01. The zero-order valence-electron chi connectivity index (χ0n) is 22.2. The Balaban J connectivity index is 1.14. The molecule has 2 aromatic rings. The summed E-state index contributed by atoms with van der Waals surface area (Å²) < 4.78 is 5.22. The average Bonchev–Trinajstić information content (AvgIpc) is 2.95. The van der Waals surface area contributed by atoms with Crippen molar-refractivity contribution in [1.29, 1.82) is 0 Å². The summed E-state index contributed by atoms with van der Waals surface area (Å²) in [7, 11) is 1.63. The molecule has 3 fully saturated rings. The van der Waals surface area contributed by atoms with Crippen molar-refractivity contribution < 1.29 is 14.3 Å². The van der Waals surface area contributed by atoms with Gasteiger partial charge in [0.15, 0.2) is 0 Å². The predicted molar refractivity (Wildman–Crippen MR) is 147 cm³/mol. The molecule has 6 nitrogen and oxygen atoms in total. The molecule has 0 saturated carbocycles. The van der Waals surface area contributed by atoms with Gasteiger partial charge in [-0.1, -0.05) is 37.1 Å². The fourth-order valence-corrected chi connectivity index (χ4v) is 6.27. The normalized spacial score (nSPS) is 21.9. The second-order valence-electron chi connectivity index (χ2n) is 11.1. The minimum absolute atomic E-state index is 0.0864. The van der Waals surface area contributed by atoms with Crippen molar-refractivity contribution in [1.82, 2.24) is 10.2 Å². The molecule has 0 radical (unpaired) electrons. The van der Waals surface area contributed by atoms with Crippen LogP contribution in [0.5, 0.6) is 5.75 Å². The number of methoxy groups -OCH3 is 1. The molecule has 198 valence electrons. The summed E-state index contributed by atoms with van der Waals surface area (Å²) in [5, 5.41) is 3.47. The first-order chi connectivity index (χ1) is 18.1. The van der Waals surface area contributed by atoms with Crippen LogP contribution in [0, 0.1) is 11.8 Å². The fourth-order valence-electron chi connectivity index (χ4n) is 6.27. The van der Waals surface area contributed by atoms with Crippen LogP contribution in [0.15, 0.2) is 48.5 Å². The lowest BCUT2D eigenvalue weighted by molar-refractivity contribution is -0.150. The molecule has 2 amide bonds. The van der Waals surface area contributed by atoms with Crippen LogP contribution in [0.2, 0.25) is 0 Å². The van der Waals surface area contributed by atoms with Gasteiger partial charge in [-0.2, -0.15) is 0 Å². The Bertz CT molecular complexity index is 1040. The van der Waals surface area contributed by atoms with E-state index in [9.17, 15) is 9.59 Å². The van der Waals surface area contributed by atoms with Gasteiger partial charge in [0, 0.05) is 25.2 Å². The van der Waals surface area contributed by atoms with Crippen molar-refractivity contribution in [2.75, 3.05) is 38.2 Å². The Kier molecular flexibility index (Phi) is 8.45. The van der Waals surface area contributed by atoms with Crippen LogP contribution in [0.4, 0.5) is 5.69 Å². The summed E-state index contributed by atoms with van der Waals surface area (Å²) in [6.07, 6.45) is 9.01. The van der Waals surface area contributed by atoms with E-state index in [1.165, 1.54) is 62.2 Å². The van der Waals surface area contributed by atoms with Crippen LogP contribution < -0.4 is 15.0 Å². The number of carbonyl (C=O) groups is 2. The summed E-state index contributed by atoms with van der Waals surface area (Å²) in [6, 6.07) is 16.1. The van der Waals surface area contributed by atoms with Crippen LogP contribution in [0.1, 0.15) is 68.4 Å². The third-order valence-corrected chi connectivity index (χ3v) is 8.73. The second kappa shape index (κ2) is 12.1. The first-order valence-electron chi connectivity index (χ1n) is 14.1. The van der Waals surface area contributed by atoms with Crippen molar-refractivity contribution in [3.63, 3.8) is 0 Å². The number of nitrogens with zero attached hydrogens (tertiary/aromatic N) is 2. The van der Waals surface area contributed by atoms with Crippen molar-refractivity contribution in [2.45, 2.75) is 63.8 Å². The molecule has 3 aliphatic heterocycles. The topological polar surface area (TPSA) is 61.9 Å². The van der Waals surface area contributed by atoms with Crippen molar-refractivity contribution >= 4 is 17.5 Å². The Morgan fingerprint density at radius 1 is 0.838 bits per heavy atom. The maximum absolute atomic E-state index is 13.3. The maximum Gasteiger partial charge on any atom is 0.237 e. The highest BCUT2D eigenvalue weighted by Gasteiger charge is 2.35. The zero-order chi connectivity index (χ0) is 25.6. The lowest BCUT2D eigenvalue weighted by Gasteiger charge is -2.35. The standard InChI is InChI=1S/C31H41N3O3/c1-37-28-10-4-25(5-11-28)22-34-30(35)13-12-29(31(34)36)26-6-8-27(9-7-26)33-20-16-24(17-21-33)3-2-23-14-18-32-19-15-23/h4-11,23-24,29,32H,2-3,12-22H2,1H3. The van der Waals surface area contributed by atoms with Crippen molar-refractivity contribution in [3.05, 3.63) is 59.7 Å². The number of piperidine rings is 3. The highest BCUT2D eigenvalue weighted by atomic mass is 16.5. The first kappa shape index (κ1) is 25.8. The summed E-state index contributed by atoms with van der Waals surface area (Å²) in [5.41, 5.74) is 3.19. The summed E-state index contributed by atoms with van der Waals surface area (Å²) in [6.45, 7) is 4.93. The van der Waals surface area contributed by atoms with E-state index in [0.717, 1.165) is 41.8 Å². The smallest absolute Gasteiger partial charge is 0.237 e. The van der Waals surface area contributed by atoms with Gasteiger partial charge < -0.3 is 15.0 Å². The van der Waals surface area contributed by atoms with Crippen LogP contribution >= 0.6 is 0 Å². The molecule has 0 spiro atoms. The largest absolute Gasteiger partial charge is 0.497 e. The second-order valence-corrected chi connectivity index (χ2v) is 11.1. The van der Waals surface area contributed by atoms with Gasteiger partial charge in [-0.15, -0.1) is 0 Å². The van der Waals surface area contributed by atoms with Gasteiger partial charge in [-0.25, -0.2) is 0 Å². The minimum atomic E-state index is -0.259. The summed E-state index contributed by atoms with van der Waals surface area (Å²) in [4.78, 5) is 29.9. The van der Waals surface area contributed by atoms with Gasteiger partial charge in [0.2, 0.25) is 11.8 Å². The number of carbonyl (C=O) groups excluding carboxylic acids is 2. The number of likely N-dealkylation sites (tertiary alicyclic amines) is 1. The zero-order valence-corrected chi connectivity index (χ0v) is 22.2. The molecule has 1 atom stereocenters. The van der Waals surface area contributed by atoms with E-state index in [4.69, 9.17) is 4.74 Å². The third kappa shape index (κ3) is 6.35. The van der Waals surface area contributed by atoms with Gasteiger partial charge in [0.1, 0.15) is 5.75 Å². The minimum Gasteiger partial charge on any atom is -0.497 e. The van der Waals surface area contributed by atoms with Crippen LogP contribution in [0.3, 0.4) is 0 Å². The van der Waals surface area contributed by atoms with Gasteiger partial charge in [-0.05, 0) is 92.4 Å². The van der Waals surface area contributed by atoms with Gasteiger partial charge in [0.05, 0.1) is 19.6 Å². The number of amides is 2. The van der Waals surface area contributed by atoms with Crippen LogP contribution in [0.25, 0.3) is 0 Å². The molecular weight excluding hydrogens is 462 g/mol. The molecular formula is C31H41N3O3. The van der Waals surface area contributed by atoms with E-state index in [1.54, 1.807) is 7.11 Å². The number of hydrogen-bond acceptors (Lipinski definition) is 5. The molecule has 37 heavy (non-hydrogen) atoms. The highest BCUT2D eigenvalue weighted by Crippen LogP contribution is 2.33. The first-order valence-corrected chi connectivity index (χ1v) is 14.1. The fraction of sp³-hybridized carbons (Fsp3) is 0.548. The van der Waals surface area contributed by atoms with Crippen LogP contribution in [-0.4, -0.2) is 50.0 Å². The molecule has 0 bridgehead atoms. The van der Waals surface area contributed by atoms with Gasteiger partial charge in [-0.3, -0.25) is 14.5 Å². The monoisotopic (exact) mass is 503 g/mol.